The van der Waals surface area contributed by atoms with E-state index in [4.69, 9.17) is 0 Å². The van der Waals surface area contributed by atoms with Crippen molar-refractivity contribution in [3.63, 3.8) is 0 Å². The Bertz CT molecular complexity index is 325. The first kappa shape index (κ1) is 10.7. The number of carbonyl (C=O) groups is 1. The van der Waals surface area contributed by atoms with Gasteiger partial charge in [-0.05, 0) is 18.0 Å². The van der Waals surface area contributed by atoms with E-state index in [1.54, 1.807) is 0 Å². The smallest absolute Gasteiger partial charge is 0.138 e. The van der Waals surface area contributed by atoms with Gasteiger partial charge < -0.3 is 0 Å². The maximum Gasteiger partial charge on any atom is 0.138 e. The molecule has 0 amide bonds. The Hall–Kier alpha value is -0.810. The van der Waals surface area contributed by atoms with Crippen LogP contribution >= 0.6 is 11.5 Å². The molecular formula is C10H15N3OS. The number of piperidine rings is 1. The molecule has 0 bridgehead atoms. The number of rotatable bonds is 3. The second-order valence-corrected chi connectivity index (χ2v) is 4.81. The lowest BCUT2D eigenvalue weighted by Crippen LogP contribution is -2.39. The van der Waals surface area contributed by atoms with Crippen molar-refractivity contribution >= 4 is 17.3 Å². The Labute approximate surface area is 93.5 Å². The molecule has 0 aliphatic carbocycles. The van der Waals surface area contributed by atoms with Crippen molar-refractivity contribution < 1.29 is 4.79 Å². The molecule has 2 rings (SSSR count). The summed E-state index contributed by atoms with van der Waals surface area (Å²) in [4.78, 5) is 15.0. The van der Waals surface area contributed by atoms with Gasteiger partial charge in [0.25, 0.3) is 0 Å². The molecule has 82 valence electrons. The molecule has 0 saturated carbocycles. The van der Waals surface area contributed by atoms with E-state index in [9.17, 15) is 4.79 Å². The van der Waals surface area contributed by atoms with Crippen molar-refractivity contribution in [2.24, 2.45) is 5.92 Å². The van der Waals surface area contributed by atoms with Crippen molar-refractivity contribution in [3.8, 4) is 0 Å². The molecule has 1 unspecified atom stereocenters. The van der Waals surface area contributed by atoms with Gasteiger partial charge in [-0.25, -0.2) is 0 Å². The number of hydrogen-bond acceptors (Lipinski definition) is 5. The number of carbonyl (C=O) groups excluding carboxylic acids is 1. The molecule has 1 fully saturated rings. The monoisotopic (exact) mass is 225 g/mol. The molecule has 0 radical (unpaired) electrons. The van der Waals surface area contributed by atoms with E-state index < -0.39 is 0 Å². The van der Waals surface area contributed by atoms with Gasteiger partial charge in [0.1, 0.15) is 5.78 Å². The molecule has 1 aromatic rings. The second kappa shape index (κ2) is 4.81. The summed E-state index contributed by atoms with van der Waals surface area (Å²) in [5.74, 6) is 0.663. The molecule has 2 heterocycles. The van der Waals surface area contributed by atoms with E-state index in [1.165, 1.54) is 16.4 Å². The van der Waals surface area contributed by atoms with Crippen molar-refractivity contribution in [1.82, 2.24) is 14.5 Å². The van der Waals surface area contributed by atoms with E-state index in [0.717, 1.165) is 26.1 Å². The zero-order chi connectivity index (χ0) is 10.7. The fourth-order valence-electron chi connectivity index (χ4n) is 1.96. The highest BCUT2D eigenvalue weighted by Gasteiger charge is 2.25. The third-order valence-corrected chi connectivity index (χ3v) is 3.53. The van der Waals surface area contributed by atoms with E-state index in [0.29, 0.717) is 12.2 Å². The molecule has 1 aromatic heterocycles. The molecule has 4 nitrogen and oxygen atoms in total. The van der Waals surface area contributed by atoms with Crippen LogP contribution in [0.2, 0.25) is 0 Å². The normalized spacial score (nSPS) is 23.3. The van der Waals surface area contributed by atoms with Crippen LogP contribution in [0.1, 0.15) is 24.6 Å². The van der Waals surface area contributed by atoms with E-state index in [1.807, 2.05) is 6.20 Å². The summed E-state index contributed by atoms with van der Waals surface area (Å²) in [7, 11) is 0. The third-order valence-electron chi connectivity index (χ3n) is 2.89. The molecule has 1 atom stereocenters. The first-order valence-electron chi connectivity index (χ1n) is 5.31. The molecule has 1 saturated heterocycles. The Kier molecular flexibility index (Phi) is 3.43. The zero-order valence-electron chi connectivity index (χ0n) is 8.85. The van der Waals surface area contributed by atoms with Gasteiger partial charge >= 0.3 is 0 Å². The number of nitrogens with zero attached hydrogens (tertiary/aromatic N) is 3. The van der Waals surface area contributed by atoms with Gasteiger partial charge in [-0.2, -0.15) is 0 Å². The van der Waals surface area contributed by atoms with Crippen LogP contribution in [-0.2, 0) is 11.3 Å². The van der Waals surface area contributed by atoms with Gasteiger partial charge in [-0.1, -0.05) is 11.4 Å². The van der Waals surface area contributed by atoms with Crippen LogP contribution in [-0.4, -0.2) is 33.4 Å². The van der Waals surface area contributed by atoms with Crippen LogP contribution < -0.4 is 0 Å². The highest BCUT2D eigenvalue weighted by molar-refractivity contribution is 7.05. The molecule has 15 heavy (non-hydrogen) atoms. The van der Waals surface area contributed by atoms with Crippen LogP contribution in [0.25, 0.3) is 0 Å². The number of hydrogen-bond donors (Lipinski definition) is 0. The van der Waals surface area contributed by atoms with E-state index >= 15 is 0 Å². The lowest BCUT2D eigenvalue weighted by atomic mass is 9.94. The third kappa shape index (κ3) is 2.60. The van der Waals surface area contributed by atoms with Crippen molar-refractivity contribution in [3.05, 3.63) is 11.1 Å². The number of aromatic nitrogens is 2. The Morgan fingerprint density at radius 1 is 1.67 bits per heavy atom. The van der Waals surface area contributed by atoms with Gasteiger partial charge in [0, 0.05) is 32.0 Å². The maximum atomic E-state index is 11.5. The lowest BCUT2D eigenvalue weighted by Gasteiger charge is -2.30. The Morgan fingerprint density at radius 2 is 2.53 bits per heavy atom. The summed E-state index contributed by atoms with van der Waals surface area (Å²) in [5.41, 5.74) is 0. The van der Waals surface area contributed by atoms with Crippen LogP contribution in [0.5, 0.6) is 0 Å². The standard InChI is InChI=1S/C10H15N3OS/c1-2-8-6-13(4-3-10(8)14)7-9-5-11-12-15-9/h5,8H,2-4,6-7H2,1H3. The van der Waals surface area contributed by atoms with Crippen LogP contribution in [0, 0.1) is 5.92 Å². The highest BCUT2D eigenvalue weighted by atomic mass is 32.1. The molecule has 0 spiro atoms. The predicted octanol–water partition coefficient (Wildman–Crippen LogP) is 1.34. The van der Waals surface area contributed by atoms with Crippen LogP contribution in [0.15, 0.2) is 6.20 Å². The summed E-state index contributed by atoms with van der Waals surface area (Å²) in [6, 6.07) is 0. The summed E-state index contributed by atoms with van der Waals surface area (Å²) in [6.45, 7) is 4.75. The second-order valence-electron chi connectivity index (χ2n) is 3.94. The number of likely N-dealkylation sites (tertiary alicyclic amines) is 1. The minimum absolute atomic E-state index is 0.236. The Morgan fingerprint density at radius 3 is 3.20 bits per heavy atom. The maximum absolute atomic E-state index is 11.5. The van der Waals surface area contributed by atoms with E-state index in [-0.39, 0.29) is 5.92 Å². The van der Waals surface area contributed by atoms with Gasteiger partial charge in [0.2, 0.25) is 0 Å². The first-order valence-corrected chi connectivity index (χ1v) is 6.08. The quantitative estimate of drug-likeness (QED) is 0.778. The van der Waals surface area contributed by atoms with E-state index in [2.05, 4.69) is 21.4 Å². The van der Waals surface area contributed by atoms with Crippen molar-refractivity contribution in [2.75, 3.05) is 13.1 Å². The fraction of sp³-hybridized carbons (Fsp3) is 0.700. The number of ketones is 1. The minimum atomic E-state index is 0.236. The van der Waals surface area contributed by atoms with Gasteiger partial charge in [0.05, 0.1) is 11.1 Å². The topological polar surface area (TPSA) is 46.1 Å². The summed E-state index contributed by atoms with van der Waals surface area (Å²) >= 11 is 1.44. The minimum Gasteiger partial charge on any atom is -0.299 e. The van der Waals surface area contributed by atoms with Gasteiger partial charge in [-0.3, -0.25) is 9.69 Å². The first-order chi connectivity index (χ1) is 7.29. The zero-order valence-corrected chi connectivity index (χ0v) is 9.66. The largest absolute Gasteiger partial charge is 0.299 e. The van der Waals surface area contributed by atoms with Gasteiger partial charge in [-0.15, -0.1) is 5.10 Å². The number of Topliss-reactive ketones (excluding diaryl/α,β-unsaturated/α-hetero) is 1. The molecule has 1 aliphatic rings. The molecule has 0 aromatic carbocycles. The van der Waals surface area contributed by atoms with Crippen molar-refractivity contribution in [2.45, 2.75) is 26.3 Å². The molecule has 1 aliphatic heterocycles. The van der Waals surface area contributed by atoms with Gasteiger partial charge in [0.15, 0.2) is 0 Å². The fourth-order valence-corrected chi connectivity index (χ4v) is 2.49. The van der Waals surface area contributed by atoms with Crippen LogP contribution in [0.3, 0.4) is 0 Å². The predicted molar refractivity (Wildman–Crippen MR) is 58.6 cm³/mol. The highest BCUT2D eigenvalue weighted by Crippen LogP contribution is 2.18. The molecule has 0 N–H and O–H groups in total. The molecular weight excluding hydrogens is 210 g/mol. The lowest BCUT2D eigenvalue weighted by molar-refractivity contribution is -0.126. The average molecular weight is 225 g/mol. The summed E-state index contributed by atoms with van der Waals surface area (Å²) in [6.07, 6.45) is 3.46. The van der Waals surface area contributed by atoms with Crippen LogP contribution in [0.4, 0.5) is 0 Å². The Balaban J connectivity index is 1.92. The summed E-state index contributed by atoms with van der Waals surface area (Å²) in [5, 5.41) is 3.82. The van der Waals surface area contributed by atoms with Crippen molar-refractivity contribution in [1.29, 1.82) is 0 Å². The SMILES string of the molecule is CCC1CN(Cc2cnns2)CCC1=O. The molecule has 5 heteroatoms. The summed E-state index contributed by atoms with van der Waals surface area (Å²) < 4.78 is 3.84. The average Bonchev–Trinajstić information content (AvgIpc) is 2.73.